The smallest absolute Gasteiger partial charge is 0.341 e. The lowest BCUT2D eigenvalue weighted by atomic mass is 9.75. The zero-order valence-electron chi connectivity index (χ0n) is 22.9. The quantitative estimate of drug-likeness (QED) is 0.202. The van der Waals surface area contributed by atoms with Crippen molar-refractivity contribution >= 4 is 52.6 Å². The number of nitrogens with zero attached hydrogens (tertiary/aromatic N) is 6. The van der Waals surface area contributed by atoms with E-state index in [0.29, 0.717) is 24.0 Å². The lowest BCUT2D eigenvalue weighted by Gasteiger charge is -2.42. The van der Waals surface area contributed by atoms with Crippen LogP contribution in [0.5, 0.6) is 0 Å². The average molecular weight is 602 g/mol. The summed E-state index contributed by atoms with van der Waals surface area (Å²) in [6.07, 6.45) is 6.51. The summed E-state index contributed by atoms with van der Waals surface area (Å²) in [5.41, 5.74) is 1.43. The van der Waals surface area contributed by atoms with Gasteiger partial charge >= 0.3 is 5.97 Å². The molecule has 2 atom stereocenters. The second kappa shape index (κ2) is 10.6. The molecule has 2 aliphatic heterocycles. The molecule has 0 N–H and O–H groups in total. The minimum Gasteiger partial charge on any atom is -0.465 e. The number of anilines is 2. The van der Waals surface area contributed by atoms with E-state index in [1.165, 1.54) is 7.11 Å². The van der Waals surface area contributed by atoms with Crippen LogP contribution >= 0.6 is 15.9 Å². The number of ether oxygens (including phenoxy) is 2. The molecule has 2 aliphatic rings. The number of rotatable bonds is 8. The molecule has 0 unspecified atom stereocenters. The van der Waals surface area contributed by atoms with Crippen molar-refractivity contribution in [2.45, 2.75) is 45.8 Å². The normalized spacial score (nSPS) is 21.7. The molecule has 0 spiro atoms. The number of fused-ring (bicyclic) bond motifs is 2. The van der Waals surface area contributed by atoms with E-state index in [2.05, 4.69) is 79.1 Å². The summed E-state index contributed by atoms with van der Waals surface area (Å²) in [7, 11) is 0.286. The van der Waals surface area contributed by atoms with Gasteiger partial charge in [-0.05, 0) is 46.4 Å². The lowest BCUT2D eigenvalue weighted by molar-refractivity contribution is 0.0601. The molecule has 5 rings (SSSR count). The number of aromatic nitrogens is 4. The van der Waals surface area contributed by atoms with Gasteiger partial charge in [-0.15, -0.1) is 0 Å². The summed E-state index contributed by atoms with van der Waals surface area (Å²) >= 11 is 3.44. The molecule has 3 aromatic heterocycles. The molecule has 0 aliphatic carbocycles. The van der Waals surface area contributed by atoms with Crippen molar-refractivity contribution in [3.63, 3.8) is 0 Å². The van der Waals surface area contributed by atoms with E-state index >= 15 is 0 Å². The third kappa shape index (κ3) is 5.46. The highest BCUT2D eigenvalue weighted by Crippen LogP contribution is 2.45. The monoisotopic (exact) mass is 600 g/mol. The van der Waals surface area contributed by atoms with Crippen molar-refractivity contribution < 1.29 is 14.3 Å². The molecule has 9 nitrogen and oxygen atoms in total. The van der Waals surface area contributed by atoms with Crippen molar-refractivity contribution in [3.05, 3.63) is 40.9 Å². The van der Waals surface area contributed by atoms with E-state index in [9.17, 15) is 4.79 Å². The molecule has 2 saturated heterocycles. The van der Waals surface area contributed by atoms with Crippen LogP contribution in [0.1, 0.15) is 23.7 Å². The Labute approximate surface area is 233 Å². The van der Waals surface area contributed by atoms with Crippen LogP contribution in [0, 0.1) is 11.3 Å². The van der Waals surface area contributed by atoms with Crippen molar-refractivity contribution in [2.75, 3.05) is 49.7 Å². The molecule has 0 bridgehead atoms. The summed E-state index contributed by atoms with van der Waals surface area (Å²) < 4.78 is 13.9. The van der Waals surface area contributed by atoms with E-state index in [1.807, 2.05) is 0 Å². The Morgan fingerprint density at radius 2 is 1.97 bits per heavy atom. The fraction of sp³-hybridized carbons (Fsp3) is 0.556. The van der Waals surface area contributed by atoms with Gasteiger partial charge in [0.25, 0.3) is 0 Å². The van der Waals surface area contributed by atoms with E-state index in [1.54, 1.807) is 18.6 Å². The van der Waals surface area contributed by atoms with Gasteiger partial charge in [0.05, 0.1) is 12.5 Å². The van der Waals surface area contributed by atoms with Crippen LogP contribution in [0.3, 0.4) is 0 Å². The number of halogens is 1. The van der Waals surface area contributed by atoms with Gasteiger partial charge in [0.2, 0.25) is 0 Å². The molecule has 204 valence electrons. The fourth-order valence-corrected chi connectivity index (χ4v) is 6.82. The standard InChI is InChI=1S/C27H37BrN6O3Si/c1-27-15-32(23-21-7-9-33(24(21)31-17-30-23)18-37-10-11-38(3,4)5)8-6-19(27)14-34(16-27)25-22(26(35)36-2)12-20(28)13-29-25/h7,9,12-13,17,19H,6,8,10-11,14-16,18H2,1-5H3/t19-,27+/m1/s1. The highest BCUT2D eigenvalue weighted by atomic mass is 79.9. The van der Waals surface area contributed by atoms with Gasteiger partial charge in [-0.3, -0.25) is 0 Å². The molecule has 0 saturated carbocycles. The topological polar surface area (TPSA) is 85.6 Å². The molecular formula is C27H37BrN6O3Si. The second-order valence-electron chi connectivity index (χ2n) is 12.0. The maximum Gasteiger partial charge on any atom is 0.341 e. The SMILES string of the molecule is COC(=O)c1cc(Br)cnc1N1C[C@H]2CCN(c3ncnc4c3ccn4COCC[Si](C)(C)C)C[C@@]2(C)C1. The maximum absolute atomic E-state index is 12.5. The summed E-state index contributed by atoms with van der Waals surface area (Å²) in [6.45, 7) is 14.2. The zero-order chi connectivity index (χ0) is 27.1. The molecule has 5 heterocycles. The number of methoxy groups -OCH3 is 1. The number of carbonyl (C=O) groups is 1. The van der Waals surface area contributed by atoms with Gasteiger partial charge in [-0.1, -0.05) is 26.6 Å². The van der Waals surface area contributed by atoms with E-state index in [0.717, 1.165) is 66.6 Å². The minimum atomic E-state index is -1.12. The maximum atomic E-state index is 12.5. The first-order chi connectivity index (χ1) is 18.1. The highest BCUT2D eigenvalue weighted by Gasteiger charge is 2.48. The van der Waals surface area contributed by atoms with Crippen LogP contribution in [-0.4, -0.2) is 73.5 Å². The summed E-state index contributed by atoms with van der Waals surface area (Å²) in [6, 6.07) is 5.05. The molecule has 38 heavy (non-hydrogen) atoms. The first kappa shape index (κ1) is 27.1. The van der Waals surface area contributed by atoms with Crippen LogP contribution in [0.25, 0.3) is 11.0 Å². The first-order valence-corrected chi connectivity index (χ1v) is 17.7. The van der Waals surface area contributed by atoms with E-state index in [4.69, 9.17) is 14.5 Å². The van der Waals surface area contributed by atoms with Gasteiger partial charge in [-0.25, -0.2) is 19.7 Å². The lowest BCUT2D eigenvalue weighted by Crippen LogP contribution is -2.47. The Balaban J connectivity index is 1.33. The van der Waals surface area contributed by atoms with Crippen molar-refractivity contribution in [1.29, 1.82) is 0 Å². The molecule has 2 fully saturated rings. The summed E-state index contributed by atoms with van der Waals surface area (Å²) in [5.74, 6) is 1.80. The van der Waals surface area contributed by atoms with Crippen molar-refractivity contribution in [1.82, 2.24) is 19.5 Å². The van der Waals surface area contributed by atoms with Gasteiger partial charge in [0.15, 0.2) is 0 Å². The Kier molecular flexibility index (Phi) is 7.54. The van der Waals surface area contributed by atoms with Crippen molar-refractivity contribution in [2.24, 2.45) is 11.3 Å². The van der Waals surface area contributed by atoms with Crippen LogP contribution in [0.4, 0.5) is 11.6 Å². The van der Waals surface area contributed by atoms with E-state index in [-0.39, 0.29) is 11.4 Å². The predicted molar refractivity (Wildman–Crippen MR) is 156 cm³/mol. The number of pyridine rings is 1. The molecule has 0 amide bonds. The molecule has 3 aromatic rings. The van der Waals surface area contributed by atoms with Crippen molar-refractivity contribution in [3.8, 4) is 0 Å². The Morgan fingerprint density at radius 1 is 1.18 bits per heavy atom. The van der Waals surface area contributed by atoms with Gasteiger partial charge in [0.1, 0.15) is 35.9 Å². The number of hydrogen-bond acceptors (Lipinski definition) is 8. The predicted octanol–water partition coefficient (Wildman–Crippen LogP) is 5.04. The van der Waals surface area contributed by atoms with Gasteiger partial charge in [0, 0.05) is 63.1 Å². The Hall–Kier alpha value is -2.50. The molecule has 11 heteroatoms. The number of hydrogen-bond donors (Lipinski definition) is 0. The molecule has 0 radical (unpaired) electrons. The van der Waals surface area contributed by atoms with Gasteiger partial charge < -0.3 is 23.8 Å². The minimum absolute atomic E-state index is 0.0280. The van der Waals surface area contributed by atoms with Crippen LogP contribution < -0.4 is 9.80 Å². The largest absolute Gasteiger partial charge is 0.465 e. The van der Waals surface area contributed by atoms with Gasteiger partial charge in [-0.2, -0.15) is 0 Å². The van der Waals surface area contributed by atoms with Crippen LogP contribution in [0.2, 0.25) is 25.7 Å². The highest BCUT2D eigenvalue weighted by molar-refractivity contribution is 9.10. The number of carbonyl (C=O) groups excluding carboxylic acids is 1. The third-order valence-electron chi connectivity index (χ3n) is 7.88. The van der Waals surface area contributed by atoms with E-state index < -0.39 is 8.07 Å². The van der Waals surface area contributed by atoms with Crippen LogP contribution in [0.15, 0.2) is 35.3 Å². The average Bonchev–Trinajstić information content (AvgIpc) is 3.45. The first-order valence-electron chi connectivity index (χ1n) is 13.2. The number of piperidine rings is 1. The molecule has 0 aromatic carbocycles. The Bertz CT molecular complexity index is 1330. The fourth-order valence-electron chi connectivity index (χ4n) is 5.74. The Morgan fingerprint density at radius 3 is 2.74 bits per heavy atom. The summed E-state index contributed by atoms with van der Waals surface area (Å²) in [4.78, 5) is 31.1. The second-order valence-corrected chi connectivity index (χ2v) is 18.6. The molecular weight excluding hydrogens is 564 g/mol. The third-order valence-corrected chi connectivity index (χ3v) is 10.0. The zero-order valence-corrected chi connectivity index (χ0v) is 25.5. The summed E-state index contributed by atoms with van der Waals surface area (Å²) in [5, 5.41) is 1.06. The van der Waals surface area contributed by atoms with Crippen LogP contribution in [-0.2, 0) is 16.2 Å². The number of esters is 1.